The summed E-state index contributed by atoms with van der Waals surface area (Å²) in [6, 6.07) is -1.29. The van der Waals surface area contributed by atoms with Crippen molar-refractivity contribution in [3.05, 3.63) is 0 Å². The van der Waals surface area contributed by atoms with Gasteiger partial charge in [0.25, 0.3) is 0 Å². The molecule has 0 aliphatic rings. The second kappa shape index (κ2) is 9.02. The van der Waals surface area contributed by atoms with E-state index in [0.717, 1.165) is 0 Å². The summed E-state index contributed by atoms with van der Waals surface area (Å²) in [7, 11) is 0. The average Bonchev–Trinajstić information content (AvgIpc) is 1.63. The first-order valence-electron chi connectivity index (χ1n) is 2.24. The van der Waals surface area contributed by atoms with Crippen LogP contribution in [0.25, 0.3) is 0 Å². The fourth-order valence-corrected chi connectivity index (χ4v) is 0.275. The minimum absolute atomic E-state index is 0. The second-order valence-corrected chi connectivity index (χ2v) is 1.54. The van der Waals surface area contributed by atoms with Gasteiger partial charge in [0.2, 0.25) is 0 Å². The van der Waals surface area contributed by atoms with Gasteiger partial charge in [-0.15, -0.1) is 0 Å². The third-order valence-corrected chi connectivity index (χ3v) is 0.712. The van der Waals surface area contributed by atoms with Crippen LogP contribution in [0.5, 0.6) is 0 Å². The summed E-state index contributed by atoms with van der Waals surface area (Å²) >= 11 is 0. The van der Waals surface area contributed by atoms with Crippen LogP contribution in [-0.4, -0.2) is 89.0 Å². The van der Waals surface area contributed by atoms with Crippen LogP contribution in [0.1, 0.15) is 12.1 Å². The van der Waals surface area contributed by atoms with Gasteiger partial charge in [-0.25, -0.2) is 0 Å². The van der Waals surface area contributed by atoms with E-state index >= 15 is 0 Å². The first-order valence-corrected chi connectivity index (χ1v) is 2.24. The summed E-state index contributed by atoms with van der Waals surface area (Å²) in [5.74, 6) is -2.50. The van der Waals surface area contributed by atoms with E-state index in [4.69, 9.17) is 15.9 Å². The zero-order chi connectivity index (χ0) is 7.44. The van der Waals surface area contributed by atoms with E-state index in [9.17, 15) is 9.59 Å². The largest absolute Gasteiger partial charge is 2.00 e. The van der Waals surface area contributed by atoms with Crippen molar-refractivity contribution in [2.75, 3.05) is 0 Å². The molecule has 0 aliphatic heterocycles. The van der Waals surface area contributed by atoms with E-state index in [2.05, 4.69) is 0 Å². The van der Waals surface area contributed by atoms with Gasteiger partial charge in [-0.1, -0.05) is 0 Å². The Kier molecular flexibility index (Phi) is 14.6. The molecule has 0 spiro atoms. The van der Waals surface area contributed by atoms with Crippen LogP contribution in [-0.2, 0) is 9.59 Å². The van der Waals surface area contributed by atoms with Gasteiger partial charge < -0.3 is 21.7 Å². The summed E-state index contributed by atoms with van der Waals surface area (Å²) < 4.78 is 0. The summed E-state index contributed by atoms with van der Waals surface area (Å²) in [6.07, 6.45) is -0.532. The van der Waals surface area contributed by atoms with E-state index < -0.39 is 24.4 Å². The Labute approximate surface area is 115 Å². The molecule has 0 saturated heterocycles. The number of nitrogens with two attached hydrogens (primary N) is 1. The third kappa shape index (κ3) is 10.9. The van der Waals surface area contributed by atoms with Crippen molar-refractivity contribution < 1.29 is 25.5 Å². The Hall–Kier alpha value is 0.926. The Morgan fingerprint density at radius 3 is 1.91 bits per heavy atom. The molecule has 0 fully saturated rings. The molecule has 0 aromatic heterocycles. The SMILES string of the molecule is N[C@@H](CC(=O)O)C(=O)O.[Ca+2].[H-].[H-].[H-].[H-].[Mg+2]. The number of rotatable bonds is 3. The van der Waals surface area contributed by atoms with Crippen molar-refractivity contribution in [3.63, 3.8) is 0 Å². The molecule has 0 heterocycles. The molecular formula is C4H11CaMgNO4. The molecule has 11 heavy (non-hydrogen) atoms. The monoisotopic (exact) mass is 201 g/mol. The summed E-state index contributed by atoms with van der Waals surface area (Å²) in [5, 5.41) is 16.0. The van der Waals surface area contributed by atoms with Crippen molar-refractivity contribution in [2.45, 2.75) is 12.5 Å². The van der Waals surface area contributed by atoms with Gasteiger partial charge in [0, 0.05) is 0 Å². The standard InChI is InChI=1S/C4H7NO4.Ca.Mg.4H/c5-2(4(8)9)1-3(6)7;;;;;;/h2H,1,5H2,(H,6,7)(H,8,9);;;;;;/q;2*+2;4*-1/t2-;;;;;;/m0....../s1. The van der Waals surface area contributed by atoms with Crippen molar-refractivity contribution in [1.82, 2.24) is 0 Å². The minimum atomic E-state index is -1.29. The zero-order valence-electron chi connectivity index (χ0n) is 9.99. The summed E-state index contributed by atoms with van der Waals surface area (Å²) in [5.41, 5.74) is 4.84. The maximum Gasteiger partial charge on any atom is 2.00 e. The minimum Gasteiger partial charge on any atom is -1.00 e. The van der Waals surface area contributed by atoms with E-state index in [-0.39, 0.29) is 66.5 Å². The molecule has 4 N–H and O–H groups in total. The Morgan fingerprint density at radius 1 is 1.45 bits per heavy atom. The summed E-state index contributed by atoms with van der Waals surface area (Å²) in [4.78, 5) is 19.6. The van der Waals surface area contributed by atoms with Gasteiger partial charge in [0.1, 0.15) is 6.04 Å². The third-order valence-electron chi connectivity index (χ3n) is 0.712. The van der Waals surface area contributed by atoms with Crippen molar-refractivity contribution in [3.8, 4) is 0 Å². The van der Waals surface area contributed by atoms with E-state index in [0.29, 0.717) is 0 Å². The molecule has 0 aromatic carbocycles. The molecule has 0 aromatic rings. The molecule has 0 bridgehead atoms. The van der Waals surface area contributed by atoms with Crippen LogP contribution in [0.3, 0.4) is 0 Å². The second-order valence-electron chi connectivity index (χ2n) is 1.54. The van der Waals surface area contributed by atoms with Gasteiger partial charge in [0.15, 0.2) is 0 Å². The molecule has 0 rings (SSSR count). The maximum atomic E-state index is 9.85. The Balaban J connectivity index is -0.0000000213. The quantitative estimate of drug-likeness (QED) is 0.486. The molecule has 0 radical (unpaired) electrons. The Bertz CT molecular complexity index is 155. The van der Waals surface area contributed by atoms with E-state index in [1.54, 1.807) is 0 Å². The predicted octanol–water partition coefficient (Wildman–Crippen LogP) is -1.44. The zero-order valence-corrected chi connectivity index (χ0v) is 9.61. The van der Waals surface area contributed by atoms with Crippen LogP contribution >= 0.6 is 0 Å². The number of hydrogen-bond donors (Lipinski definition) is 3. The Morgan fingerprint density at radius 2 is 1.82 bits per heavy atom. The van der Waals surface area contributed by atoms with Gasteiger partial charge >= 0.3 is 72.7 Å². The molecule has 7 heteroatoms. The van der Waals surface area contributed by atoms with Gasteiger partial charge in [-0.2, -0.15) is 0 Å². The topological polar surface area (TPSA) is 101 Å². The maximum absolute atomic E-state index is 9.85. The van der Waals surface area contributed by atoms with Gasteiger partial charge in [0.05, 0.1) is 6.42 Å². The number of carbonyl (C=O) groups is 2. The van der Waals surface area contributed by atoms with Crippen LogP contribution in [0.2, 0.25) is 0 Å². The molecule has 60 valence electrons. The van der Waals surface area contributed by atoms with Gasteiger partial charge in [-0.3, -0.25) is 9.59 Å². The van der Waals surface area contributed by atoms with Crippen molar-refractivity contribution in [1.29, 1.82) is 0 Å². The molecule has 0 aliphatic carbocycles. The average molecular weight is 202 g/mol. The van der Waals surface area contributed by atoms with Crippen LogP contribution < -0.4 is 5.73 Å². The molecule has 0 saturated carbocycles. The fraction of sp³-hybridized carbons (Fsp3) is 0.500. The summed E-state index contributed by atoms with van der Waals surface area (Å²) in [6.45, 7) is 0. The number of carboxylic acid groups (broad SMARTS) is 2. The van der Waals surface area contributed by atoms with E-state index in [1.165, 1.54) is 0 Å². The normalized spacial score (nSPS) is 10.3. The molecule has 1 atom stereocenters. The molecule has 0 amide bonds. The number of hydrogen-bond acceptors (Lipinski definition) is 3. The number of aliphatic carboxylic acids is 2. The molecule has 0 unspecified atom stereocenters. The van der Waals surface area contributed by atoms with Crippen LogP contribution in [0.4, 0.5) is 0 Å². The smallest absolute Gasteiger partial charge is 1.00 e. The van der Waals surface area contributed by atoms with Crippen molar-refractivity contribution in [2.24, 2.45) is 5.73 Å². The first kappa shape index (κ1) is 17.9. The predicted molar refractivity (Wildman–Crippen MR) is 43.8 cm³/mol. The fourth-order valence-electron chi connectivity index (χ4n) is 0.275. The molecule has 5 nitrogen and oxygen atoms in total. The van der Waals surface area contributed by atoms with E-state index in [1.807, 2.05) is 0 Å². The number of carboxylic acids is 2. The van der Waals surface area contributed by atoms with Gasteiger partial charge in [-0.05, 0) is 0 Å². The van der Waals surface area contributed by atoms with Crippen LogP contribution in [0.15, 0.2) is 0 Å². The van der Waals surface area contributed by atoms with Crippen molar-refractivity contribution >= 4 is 72.7 Å². The van der Waals surface area contributed by atoms with Crippen LogP contribution in [0, 0.1) is 0 Å². The molecular weight excluding hydrogens is 190 g/mol. The first-order chi connectivity index (χ1) is 4.04.